The van der Waals surface area contributed by atoms with E-state index >= 15 is 0 Å². The molecule has 0 aliphatic carbocycles. The smallest absolute Gasteiger partial charge is 0.167 e. The second kappa shape index (κ2) is 6.68. The molecule has 1 N–H and O–H groups in total. The first-order valence-electron chi connectivity index (χ1n) is 7.13. The maximum absolute atomic E-state index is 6.30. The van der Waals surface area contributed by atoms with Crippen LogP contribution in [0, 0.1) is 0 Å². The third-order valence-electron chi connectivity index (χ3n) is 3.36. The molecule has 4 rings (SSSR count). The Labute approximate surface area is 151 Å². The zero-order valence-corrected chi connectivity index (χ0v) is 14.7. The summed E-state index contributed by atoms with van der Waals surface area (Å²) in [6, 6.07) is 13.8. The van der Waals surface area contributed by atoms with Crippen LogP contribution in [0.1, 0.15) is 4.88 Å². The van der Waals surface area contributed by atoms with Gasteiger partial charge in [0.15, 0.2) is 5.82 Å². The van der Waals surface area contributed by atoms with Crippen LogP contribution in [0.2, 0.25) is 5.02 Å². The molecular formula is C17H11ClN4S2. The summed E-state index contributed by atoms with van der Waals surface area (Å²) in [7, 11) is 0. The van der Waals surface area contributed by atoms with Gasteiger partial charge >= 0.3 is 0 Å². The lowest BCUT2D eigenvalue weighted by Crippen LogP contribution is -1.93. The highest BCUT2D eigenvalue weighted by Gasteiger charge is 2.11. The summed E-state index contributed by atoms with van der Waals surface area (Å²) in [4.78, 5) is 10.8. The van der Waals surface area contributed by atoms with E-state index in [4.69, 9.17) is 11.6 Å². The number of hydrazone groups is 1. The van der Waals surface area contributed by atoms with Gasteiger partial charge in [-0.2, -0.15) is 5.10 Å². The third kappa shape index (κ3) is 3.03. The number of thiophene rings is 2. The molecule has 4 nitrogen and oxygen atoms in total. The predicted octanol–water partition coefficient (Wildman–Crippen LogP) is 5.52. The van der Waals surface area contributed by atoms with Gasteiger partial charge in [0.05, 0.1) is 16.4 Å². The number of halogens is 1. The van der Waals surface area contributed by atoms with Crippen molar-refractivity contribution in [3.05, 3.63) is 64.1 Å². The molecule has 0 aliphatic heterocycles. The van der Waals surface area contributed by atoms with Crippen LogP contribution in [-0.4, -0.2) is 16.2 Å². The van der Waals surface area contributed by atoms with Crippen molar-refractivity contribution in [2.75, 3.05) is 5.43 Å². The first kappa shape index (κ1) is 15.3. The van der Waals surface area contributed by atoms with Crippen molar-refractivity contribution in [1.82, 2.24) is 9.97 Å². The minimum absolute atomic E-state index is 0.691. The quantitative estimate of drug-likeness (QED) is 0.380. The molecule has 4 aromatic rings. The summed E-state index contributed by atoms with van der Waals surface area (Å²) >= 11 is 9.53. The predicted molar refractivity (Wildman–Crippen MR) is 103 cm³/mol. The van der Waals surface area contributed by atoms with E-state index in [0.717, 1.165) is 30.6 Å². The van der Waals surface area contributed by atoms with Gasteiger partial charge in [0.1, 0.15) is 6.33 Å². The Morgan fingerprint density at radius 2 is 2.04 bits per heavy atom. The SMILES string of the molecule is Clc1ccccc1-c1cc2ncnc(N/N=C/c3cccs3)c2s1. The largest absolute Gasteiger partial charge is 0.260 e. The summed E-state index contributed by atoms with van der Waals surface area (Å²) in [5.74, 6) is 0.691. The molecule has 0 saturated heterocycles. The lowest BCUT2D eigenvalue weighted by atomic mass is 10.2. The highest BCUT2D eigenvalue weighted by atomic mass is 35.5. The van der Waals surface area contributed by atoms with E-state index in [-0.39, 0.29) is 0 Å². The molecule has 0 unspecified atom stereocenters. The van der Waals surface area contributed by atoms with Crippen molar-refractivity contribution in [2.24, 2.45) is 5.10 Å². The van der Waals surface area contributed by atoms with Crippen molar-refractivity contribution in [3.8, 4) is 10.4 Å². The van der Waals surface area contributed by atoms with E-state index in [1.54, 1.807) is 28.9 Å². The molecule has 24 heavy (non-hydrogen) atoms. The zero-order chi connectivity index (χ0) is 16.4. The van der Waals surface area contributed by atoms with Crippen molar-refractivity contribution in [1.29, 1.82) is 0 Å². The molecule has 0 radical (unpaired) electrons. The summed E-state index contributed by atoms with van der Waals surface area (Å²) in [6.07, 6.45) is 3.32. The Bertz CT molecular complexity index is 1010. The average Bonchev–Trinajstić information content (AvgIpc) is 3.25. The van der Waals surface area contributed by atoms with Crippen molar-refractivity contribution < 1.29 is 0 Å². The fraction of sp³-hybridized carbons (Fsp3) is 0. The maximum Gasteiger partial charge on any atom is 0.167 e. The van der Waals surface area contributed by atoms with Crippen molar-refractivity contribution in [3.63, 3.8) is 0 Å². The van der Waals surface area contributed by atoms with Gasteiger partial charge in [0, 0.05) is 20.3 Å². The molecule has 1 aromatic carbocycles. The monoisotopic (exact) mass is 370 g/mol. The van der Waals surface area contributed by atoms with Gasteiger partial charge in [-0.25, -0.2) is 9.97 Å². The Hall–Kier alpha value is -2.28. The fourth-order valence-electron chi connectivity index (χ4n) is 2.25. The van der Waals surface area contributed by atoms with Crippen LogP contribution < -0.4 is 5.43 Å². The van der Waals surface area contributed by atoms with Gasteiger partial charge in [0.25, 0.3) is 0 Å². The number of hydrogen-bond acceptors (Lipinski definition) is 6. The standard InChI is InChI=1S/C17H11ClN4S2/c18-13-6-2-1-5-12(13)15-8-14-16(24-15)17(20-10-19-14)22-21-9-11-4-3-7-23-11/h1-10H,(H,19,20,22)/b21-9+. The van der Waals surface area contributed by atoms with E-state index in [2.05, 4.69) is 20.5 Å². The van der Waals surface area contributed by atoms with Crippen LogP contribution in [0.3, 0.4) is 0 Å². The average molecular weight is 371 g/mol. The Kier molecular flexibility index (Phi) is 4.25. The molecule has 0 spiro atoms. The molecule has 0 bridgehead atoms. The summed E-state index contributed by atoms with van der Waals surface area (Å²) < 4.78 is 0.954. The topological polar surface area (TPSA) is 50.2 Å². The molecule has 3 aromatic heterocycles. The number of aromatic nitrogens is 2. The minimum Gasteiger partial charge on any atom is -0.260 e. The van der Waals surface area contributed by atoms with E-state index in [0.29, 0.717) is 5.82 Å². The van der Waals surface area contributed by atoms with Gasteiger partial charge in [0.2, 0.25) is 0 Å². The number of hydrogen-bond donors (Lipinski definition) is 1. The van der Waals surface area contributed by atoms with Gasteiger partial charge in [-0.3, -0.25) is 5.43 Å². The highest BCUT2D eigenvalue weighted by molar-refractivity contribution is 7.22. The number of fused-ring (bicyclic) bond motifs is 1. The Balaban J connectivity index is 1.69. The van der Waals surface area contributed by atoms with Crippen LogP contribution in [0.25, 0.3) is 20.7 Å². The zero-order valence-electron chi connectivity index (χ0n) is 12.3. The normalized spacial score (nSPS) is 11.4. The number of nitrogens with zero attached hydrogens (tertiary/aromatic N) is 3. The molecule has 118 valence electrons. The van der Waals surface area contributed by atoms with Gasteiger partial charge in [-0.1, -0.05) is 35.9 Å². The molecule has 7 heteroatoms. The Morgan fingerprint density at radius 1 is 1.12 bits per heavy atom. The number of rotatable bonds is 4. The number of nitrogens with one attached hydrogen (secondary N) is 1. The lowest BCUT2D eigenvalue weighted by molar-refractivity contribution is 1.19. The molecule has 0 saturated carbocycles. The Morgan fingerprint density at radius 3 is 2.88 bits per heavy atom. The number of anilines is 1. The van der Waals surface area contributed by atoms with Crippen LogP contribution in [0.15, 0.2) is 59.3 Å². The molecule has 0 aliphatic rings. The van der Waals surface area contributed by atoms with Crippen LogP contribution in [-0.2, 0) is 0 Å². The van der Waals surface area contributed by atoms with E-state index < -0.39 is 0 Å². The molecule has 0 atom stereocenters. The highest BCUT2D eigenvalue weighted by Crippen LogP contribution is 2.38. The van der Waals surface area contributed by atoms with Gasteiger partial charge < -0.3 is 0 Å². The van der Waals surface area contributed by atoms with E-state index in [9.17, 15) is 0 Å². The molecular weight excluding hydrogens is 360 g/mol. The van der Waals surface area contributed by atoms with E-state index in [1.807, 2.05) is 47.8 Å². The second-order valence-electron chi connectivity index (χ2n) is 4.91. The van der Waals surface area contributed by atoms with Crippen molar-refractivity contribution >= 4 is 56.5 Å². The molecule has 0 fully saturated rings. The lowest BCUT2D eigenvalue weighted by Gasteiger charge is -2.00. The molecule has 0 amide bonds. The van der Waals surface area contributed by atoms with Crippen LogP contribution >= 0.6 is 34.3 Å². The first-order valence-corrected chi connectivity index (χ1v) is 9.21. The maximum atomic E-state index is 6.30. The summed E-state index contributed by atoms with van der Waals surface area (Å²) in [6.45, 7) is 0. The minimum atomic E-state index is 0.691. The van der Waals surface area contributed by atoms with Crippen LogP contribution in [0.4, 0.5) is 5.82 Å². The second-order valence-corrected chi connectivity index (χ2v) is 7.35. The van der Waals surface area contributed by atoms with Gasteiger partial charge in [-0.05, 0) is 23.6 Å². The fourth-order valence-corrected chi connectivity index (χ4v) is 4.22. The van der Waals surface area contributed by atoms with E-state index in [1.165, 1.54) is 6.33 Å². The first-order chi connectivity index (χ1) is 11.8. The molecule has 3 heterocycles. The van der Waals surface area contributed by atoms with Crippen LogP contribution in [0.5, 0.6) is 0 Å². The summed E-state index contributed by atoms with van der Waals surface area (Å²) in [5.41, 5.74) is 4.88. The summed E-state index contributed by atoms with van der Waals surface area (Å²) in [5, 5.41) is 7.00. The third-order valence-corrected chi connectivity index (χ3v) is 5.66. The van der Waals surface area contributed by atoms with Gasteiger partial charge in [-0.15, -0.1) is 22.7 Å². The number of benzene rings is 1. The van der Waals surface area contributed by atoms with Crippen molar-refractivity contribution in [2.45, 2.75) is 0 Å².